The molecule has 1 unspecified atom stereocenters. The van der Waals surface area contributed by atoms with E-state index in [-0.39, 0.29) is 11.9 Å². The molecule has 28 heavy (non-hydrogen) atoms. The number of nitrogens with zero attached hydrogens (tertiary/aromatic N) is 6. The summed E-state index contributed by atoms with van der Waals surface area (Å²) in [6, 6.07) is 6.40. The summed E-state index contributed by atoms with van der Waals surface area (Å²) in [4.78, 5) is 26.3. The molecule has 146 valence electrons. The van der Waals surface area contributed by atoms with Crippen LogP contribution in [-0.2, 0) is 7.05 Å². The Morgan fingerprint density at radius 2 is 2.07 bits per heavy atom. The fraction of sp³-hybridized carbons (Fsp3) is 0.429. The summed E-state index contributed by atoms with van der Waals surface area (Å²) in [5, 5.41) is 5.20. The molecule has 0 bridgehead atoms. The number of carbonyl (C=O) groups excluding carboxylic acids is 1. The van der Waals surface area contributed by atoms with E-state index in [9.17, 15) is 4.79 Å². The Labute approximate surface area is 165 Å². The highest BCUT2D eigenvalue weighted by Gasteiger charge is 2.28. The summed E-state index contributed by atoms with van der Waals surface area (Å²) in [7, 11) is 3.70. The molecule has 4 rings (SSSR count). The molecule has 0 saturated carbocycles. The van der Waals surface area contributed by atoms with Crippen molar-refractivity contribution in [3.05, 3.63) is 47.4 Å². The molecule has 1 amide bonds. The lowest BCUT2D eigenvalue weighted by molar-refractivity contribution is 0.0717. The van der Waals surface area contributed by atoms with Gasteiger partial charge in [0.25, 0.3) is 5.91 Å². The average Bonchev–Trinajstić information content (AvgIpc) is 3.12. The molecule has 1 atom stereocenters. The highest BCUT2D eigenvalue weighted by atomic mass is 16.2. The van der Waals surface area contributed by atoms with E-state index >= 15 is 0 Å². The monoisotopic (exact) mass is 378 g/mol. The Bertz CT molecular complexity index is 1030. The van der Waals surface area contributed by atoms with E-state index in [1.165, 1.54) is 5.56 Å². The van der Waals surface area contributed by atoms with E-state index in [1.54, 1.807) is 17.1 Å². The Hall–Kier alpha value is -2.96. The molecule has 0 aliphatic carbocycles. The molecule has 0 N–H and O–H groups in total. The second-order valence-corrected chi connectivity index (χ2v) is 7.68. The number of likely N-dealkylation sites (N-methyl/N-ethyl adjacent to an activating group) is 1. The number of fused-ring (bicyclic) bond motifs is 1. The number of carbonyl (C=O) groups is 1. The summed E-state index contributed by atoms with van der Waals surface area (Å²) in [6.07, 6.45) is 5.40. The molecule has 0 aromatic carbocycles. The van der Waals surface area contributed by atoms with Gasteiger partial charge in [0, 0.05) is 50.5 Å². The highest BCUT2D eigenvalue weighted by Crippen LogP contribution is 2.24. The molecule has 3 aromatic rings. The number of aryl methyl sites for hydroxylation is 3. The van der Waals surface area contributed by atoms with E-state index in [0.717, 1.165) is 48.5 Å². The number of pyridine rings is 2. The van der Waals surface area contributed by atoms with E-state index in [0.29, 0.717) is 5.56 Å². The zero-order chi connectivity index (χ0) is 19.8. The molecule has 1 saturated heterocycles. The van der Waals surface area contributed by atoms with Crippen LogP contribution in [0.5, 0.6) is 0 Å². The van der Waals surface area contributed by atoms with Crippen LogP contribution in [0.4, 0.5) is 5.82 Å². The molecule has 7 heteroatoms. The number of hydrogen-bond acceptors (Lipinski definition) is 5. The van der Waals surface area contributed by atoms with Crippen LogP contribution in [0.25, 0.3) is 11.0 Å². The third-order valence-corrected chi connectivity index (χ3v) is 5.53. The van der Waals surface area contributed by atoms with Crippen molar-refractivity contribution < 1.29 is 4.79 Å². The summed E-state index contributed by atoms with van der Waals surface area (Å²) in [5.41, 5.74) is 3.59. The highest BCUT2D eigenvalue weighted by molar-refractivity contribution is 5.93. The second kappa shape index (κ2) is 7.22. The molecular weight excluding hydrogens is 352 g/mol. The zero-order valence-corrected chi connectivity index (χ0v) is 16.9. The Morgan fingerprint density at radius 3 is 2.82 bits per heavy atom. The van der Waals surface area contributed by atoms with Crippen LogP contribution >= 0.6 is 0 Å². The lowest BCUT2D eigenvalue weighted by Crippen LogP contribution is -2.48. The van der Waals surface area contributed by atoms with Gasteiger partial charge in [-0.25, -0.2) is 9.97 Å². The van der Waals surface area contributed by atoms with Gasteiger partial charge < -0.3 is 9.80 Å². The van der Waals surface area contributed by atoms with Gasteiger partial charge in [-0.05, 0) is 50.5 Å². The van der Waals surface area contributed by atoms with Crippen molar-refractivity contribution in [2.75, 3.05) is 25.0 Å². The van der Waals surface area contributed by atoms with Crippen LogP contribution in [0.15, 0.2) is 30.6 Å². The summed E-state index contributed by atoms with van der Waals surface area (Å²) < 4.78 is 1.66. The first-order valence-electron chi connectivity index (χ1n) is 9.68. The normalized spacial score (nSPS) is 17.1. The maximum Gasteiger partial charge on any atom is 0.257 e. The van der Waals surface area contributed by atoms with Gasteiger partial charge in [0.2, 0.25) is 0 Å². The minimum Gasteiger partial charge on any atom is -0.354 e. The minimum atomic E-state index is 0.0133. The lowest BCUT2D eigenvalue weighted by Gasteiger charge is -2.38. The summed E-state index contributed by atoms with van der Waals surface area (Å²) in [5.74, 6) is 0.941. The van der Waals surface area contributed by atoms with Crippen molar-refractivity contribution in [1.29, 1.82) is 0 Å². The molecule has 3 aromatic heterocycles. The maximum absolute atomic E-state index is 12.8. The number of anilines is 1. The first-order valence-corrected chi connectivity index (χ1v) is 9.68. The molecule has 1 fully saturated rings. The van der Waals surface area contributed by atoms with Crippen LogP contribution in [0, 0.1) is 13.8 Å². The van der Waals surface area contributed by atoms with Crippen molar-refractivity contribution in [1.82, 2.24) is 24.6 Å². The molecule has 7 nitrogen and oxygen atoms in total. The number of aromatic nitrogens is 4. The van der Waals surface area contributed by atoms with Crippen molar-refractivity contribution in [2.24, 2.45) is 7.05 Å². The van der Waals surface area contributed by atoms with E-state index in [2.05, 4.69) is 40.1 Å². The lowest BCUT2D eigenvalue weighted by atomic mass is 10.0. The van der Waals surface area contributed by atoms with Gasteiger partial charge in [0.05, 0.1) is 11.8 Å². The van der Waals surface area contributed by atoms with Gasteiger partial charge in [0.15, 0.2) is 5.65 Å². The molecular formula is C21H26N6O. The third-order valence-electron chi connectivity index (χ3n) is 5.53. The van der Waals surface area contributed by atoms with Crippen molar-refractivity contribution in [3.8, 4) is 0 Å². The molecule has 1 aliphatic heterocycles. The zero-order valence-electron chi connectivity index (χ0n) is 16.9. The van der Waals surface area contributed by atoms with Gasteiger partial charge in [0.1, 0.15) is 5.82 Å². The third kappa shape index (κ3) is 3.44. The second-order valence-electron chi connectivity index (χ2n) is 7.68. The van der Waals surface area contributed by atoms with Gasteiger partial charge in [-0.3, -0.25) is 9.48 Å². The fourth-order valence-electron chi connectivity index (χ4n) is 3.98. The molecule has 0 spiro atoms. The predicted octanol–water partition coefficient (Wildman–Crippen LogP) is 2.72. The van der Waals surface area contributed by atoms with Crippen molar-refractivity contribution in [3.63, 3.8) is 0 Å². The number of amides is 1. The molecule has 0 radical (unpaired) electrons. The van der Waals surface area contributed by atoms with E-state index in [1.807, 2.05) is 25.9 Å². The first-order chi connectivity index (χ1) is 13.4. The van der Waals surface area contributed by atoms with Crippen LogP contribution in [-0.4, -0.2) is 56.7 Å². The van der Waals surface area contributed by atoms with Gasteiger partial charge in [-0.2, -0.15) is 5.10 Å². The molecule has 4 heterocycles. The quantitative estimate of drug-likeness (QED) is 0.701. The van der Waals surface area contributed by atoms with Crippen molar-refractivity contribution >= 4 is 22.8 Å². The largest absolute Gasteiger partial charge is 0.354 e. The van der Waals surface area contributed by atoms with Crippen LogP contribution in [0.3, 0.4) is 0 Å². The van der Waals surface area contributed by atoms with Crippen LogP contribution in [0.2, 0.25) is 0 Å². The Morgan fingerprint density at radius 1 is 1.25 bits per heavy atom. The predicted molar refractivity (Wildman–Crippen MR) is 110 cm³/mol. The molecule has 1 aliphatic rings. The fourth-order valence-corrected chi connectivity index (χ4v) is 3.98. The Kier molecular flexibility index (Phi) is 4.75. The van der Waals surface area contributed by atoms with E-state index < -0.39 is 0 Å². The van der Waals surface area contributed by atoms with Crippen LogP contribution in [0.1, 0.15) is 34.5 Å². The van der Waals surface area contributed by atoms with E-state index in [4.69, 9.17) is 4.98 Å². The average molecular weight is 378 g/mol. The van der Waals surface area contributed by atoms with Gasteiger partial charge in [-0.15, -0.1) is 0 Å². The van der Waals surface area contributed by atoms with Gasteiger partial charge in [-0.1, -0.05) is 0 Å². The standard InChI is InChI=1S/C21H26N6O/c1-14-10-15(2)23-20-18(14)7-8-19(24-20)27-9-5-6-17(13-27)26(4)21(28)16-11-22-25(3)12-16/h7-8,10-12,17H,5-6,9,13H2,1-4H3. The topological polar surface area (TPSA) is 67.2 Å². The Balaban J connectivity index is 1.55. The maximum atomic E-state index is 12.8. The SMILES string of the molecule is Cc1cc(C)c2ccc(N3CCCC(N(C)C(=O)c4cnn(C)c4)C3)nc2n1. The first kappa shape index (κ1) is 18.4. The smallest absolute Gasteiger partial charge is 0.257 e. The minimum absolute atomic E-state index is 0.0133. The number of hydrogen-bond donors (Lipinski definition) is 0. The summed E-state index contributed by atoms with van der Waals surface area (Å²) >= 11 is 0. The van der Waals surface area contributed by atoms with Crippen LogP contribution < -0.4 is 4.90 Å². The number of piperidine rings is 1. The number of rotatable bonds is 3. The van der Waals surface area contributed by atoms with Crippen molar-refractivity contribution in [2.45, 2.75) is 32.7 Å². The summed E-state index contributed by atoms with van der Waals surface area (Å²) in [6.45, 7) is 5.80. The van der Waals surface area contributed by atoms with Gasteiger partial charge >= 0.3 is 0 Å².